The maximum Gasteiger partial charge on any atom is 0.266 e. The number of nitrogens with zero attached hydrogens (tertiary/aromatic N) is 1. The van der Waals surface area contributed by atoms with Gasteiger partial charge in [-0.2, -0.15) is 0 Å². The van der Waals surface area contributed by atoms with Gasteiger partial charge >= 0.3 is 0 Å². The Bertz CT molecular complexity index is 1280. The van der Waals surface area contributed by atoms with Crippen LogP contribution >= 0.6 is 15.9 Å². The number of carbonyl (C=O) groups is 1. The summed E-state index contributed by atoms with van der Waals surface area (Å²) in [5, 5.41) is 9.00. The molecule has 0 radical (unpaired) electrons. The largest absolute Gasteiger partial charge is 0.494 e. The van der Waals surface area contributed by atoms with E-state index in [0.29, 0.717) is 37.6 Å². The van der Waals surface area contributed by atoms with Gasteiger partial charge in [0, 0.05) is 41.6 Å². The van der Waals surface area contributed by atoms with Gasteiger partial charge in [-0.25, -0.2) is 10.4 Å². The molecule has 8 heteroatoms. The van der Waals surface area contributed by atoms with Crippen LogP contribution in [0.4, 0.5) is 0 Å². The SMILES string of the molecule is CCCNNC(=O)[C@@]1(C/C=C/c2ccccc2)N=C(c2ccc(OCCCO)cc2)O[C@H]1c1ccccc1Br. The maximum atomic E-state index is 13.9. The van der Waals surface area contributed by atoms with E-state index in [0.717, 1.165) is 27.6 Å². The van der Waals surface area contributed by atoms with Crippen molar-refractivity contribution in [3.63, 3.8) is 0 Å². The van der Waals surface area contributed by atoms with Crippen LogP contribution in [0.25, 0.3) is 6.08 Å². The van der Waals surface area contributed by atoms with E-state index in [4.69, 9.17) is 19.6 Å². The molecule has 3 N–H and O–H groups in total. The van der Waals surface area contributed by atoms with Crippen LogP contribution < -0.4 is 15.6 Å². The number of hydrazine groups is 1. The topological polar surface area (TPSA) is 92.2 Å². The van der Waals surface area contributed by atoms with E-state index in [1.165, 1.54) is 0 Å². The van der Waals surface area contributed by atoms with E-state index in [9.17, 15) is 4.79 Å². The van der Waals surface area contributed by atoms with Crippen LogP contribution in [0.5, 0.6) is 5.75 Å². The Labute approximate surface area is 238 Å². The molecular weight excluding hydrogens is 558 g/mol. The van der Waals surface area contributed by atoms with Crippen molar-refractivity contribution >= 4 is 33.8 Å². The first kappa shape index (κ1) is 28.5. The molecule has 0 bridgehead atoms. The van der Waals surface area contributed by atoms with Crippen LogP contribution in [-0.4, -0.2) is 42.2 Å². The van der Waals surface area contributed by atoms with Gasteiger partial charge in [-0.3, -0.25) is 10.2 Å². The molecule has 0 saturated carbocycles. The van der Waals surface area contributed by atoms with Crippen molar-refractivity contribution in [3.05, 3.63) is 106 Å². The first-order valence-corrected chi connectivity index (χ1v) is 14.0. The van der Waals surface area contributed by atoms with Crippen LogP contribution in [-0.2, 0) is 9.53 Å². The highest BCUT2D eigenvalue weighted by Crippen LogP contribution is 2.44. The Kier molecular flexibility index (Phi) is 10.3. The minimum absolute atomic E-state index is 0.0785. The molecule has 0 unspecified atom stereocenters. The Balaban J connectivity index is 1.73. The van der Waals surface area contributed by atoms with E-state index in [1.54, 1.807) is 0 Å². The number of aliphatic hydroxyl groups excluding tert-OH is 1. The third-order valence-electron chi connectivity index (χ3n) is 6.33. The van der Waals surface area contributed by atoms with E-state index in [1.807, 2.05) is 97.9 Å². The summed E-state index contributed by atoms with van der Waals surface area (Å²) < 4.78 is 13.0. The Morgan fingerprint density at radius 1 is 1.10 bits per heavy atom. The van der Waals surface area contributed by atoms with Gasteiger partial charge in [0.2, 0.25) is 5.90 Å². The molecule has 3 aromatic carbocycles. The zero-order chi connectivity index (χ0) is 27.5. The van der Waals surface area contributed by atoms with Gasteiger partial charge in [-0.05, 0) is 42.3 Å². The average molecular weight is 593 g/mol. The van der Waals surface area contributed by atoms with Gasteiger partial charge in [-0.15, -0.1) is 0 Å². The summed E-state index contributed by atoms with van der Waals surface area (Å²) in [5.41, 5.74) is 7.25. The van der Waals surface area contributed by atoms with Crippen molar-refractivity contribution < 1.29 is 19.4 Å². The molecular formula is C31H34BrN3O4. The number of ether oxygens (including phenoxy) is 2. The summed E-state index contributed by atoms with van der Waals surface area (Å²) in [6.45, 7) is 3.18. The number of hydrogen-bond donors (Lipinski definition) is 3. The molecule has 3 aromatic rings. The zero-order valence-electron chi connectivity index (χ0n) is 22.0. The summed E-state index contributed by atoms with van der Waals surface area (Å²) >= 11 is 3.66. The fourth-order valence-corrected chi connectivity index (χ4v) is 4.79. The number of carbonyl (C=O) groups excluding carboxylic acids is 1. The quantitative estimate of drug-likeness (QED) is 0.178. The molecule has 0 aromatic heterocycles. The number of amides is 1. The maximum absolute atomic E-state index is 13.9. The zero-order valence-corrected chi connectivity index (χ0v) is 23.6. The molecule has 7 nitrogen and oxygen atoms in total. The molecule has 1 amide bonds. The summed E-state index contributed by atoms with van der Waals surface area (Å²) in [7, 11) is 0. The fourth-order valence-electron chi connectivity index (χ4n) is 4.29. The Morgan fingerprint density at radius 3 is 2.56 bits per heavy atom. The van der Waals surface area contributed by atoms with Crippen molar-refractivity contribution in [2.24, 2.45) is 4.99 Å². The highest BCUT2D eigenvalue weighted by molar-refractivity contribution is 9.10. The predicted molar refractivity (Wildman–Crippen MR) is 157 cm³/mol. The molecule has 0 fully saturated rings. The van der Waals surface area contributed by atoms with Crippen molar-refractivity contribution in [1.29, 1.82) is 0 Å². The Morgan fingerprint density at radius 2 is 1.85 bits per heavy atom. The second-order valence-corrected chi connectivity index (χ2v) is 10.1. The predicted octanol–water partition coefficient (Wildman–Crippen LogP) is 5.60. The summed E-state index contributed by atoms with van der Waals surface area (Å²) in [5.74, 6) is 0.802. The van der Waals surface area contributed by atoms with Crippen molar-refractivity contribution in [1.82, 2.24) is 10.9 Å². The molecule has 4 rings (SSSR count). The standard InChI is InChI=1S/C31H34BrN3O4/c1-2-20-33-35-30(37)31(19-8-12-23-10-4-3-5-11-23)28(26-13-6-7-14-27(26)32)39-29(34-31)24-15-17-25(18-16-24)38-22-9-21-36/h3-8,10-18,28,33,36H,2,9,19-22H2,1H3,(H,35,37)/b12-8+/t28-,31-/m0/s1. The highest BCUT2D eigenvalue weighted by Gasteiger charge is 2.53. The van der Waals surface area contributed by atoms with Crippen LogP contribution in [0.2, 0.25) is 0 Å². The lowest BCUT2D eigenvalue weighted by molar-refractivity contribution is -0.129. The lowest BCUT2D eigenvalue weighted by Gasteiger charge is -2.30. The summed E-state index contributed by atoms with van der Waals surface area (Å²) in [6.07, 6.45) is 5.05. The molecule has 1 aliphatic rings. The van der Waals surface area contributed by atoms with Crippen molar-refractivity contribution in [2.75, 3.05) is 19.8 Å². The van der Waals surface area contributed by atoms with Crippen LogP contribution in [0.3, 0.4) is 0 Å². The Hall–Kier alpha value is -3.46. The van der Waals surface area contributed by atoms with Crippen molar-refractivity contribution in [3.8, 4) is 5.75 Å². The highest BCUT2D eigenvalue weighted by atomic mass is 79.9. The van der Waals surface area contributed by atoms with Crippen LogP contribution in [0.1, 0.15) is 49.0 Å². The first-order chi connectivity index (χ1) is 19.1. The van der Waals surface area contributed by atoms with Crippen LogP contribution in [0.15, 0.2) is 94.4 Å². The van der Waals surface area contributed by atoms with Crippen molar-refractivity contribution in [2.45, 2.75) is 37.8 Å². The average Bonchev–Trinajstić information content (AvgIpc) is 3.35. The molecule has 1 aliphatic heterocycles. The van der Waals surface area contributed by atoms with E-state index in [-0.39, 0.29) is 12.5 Å². The minimum Gasteiger partial charge on any atom is -0.494 e. The molecule has 0 aliphatic carbocycles. The third kappa shape index (κ3) is 7.15. The summed E-state index contributed by atoms with van der Waals surface area (Å²) in [4.78, 5) is 18.9. The second kappa shape index (κ2) is 14.1. The number of aliphatic imine (C=N–C) groups is 1. The third-order valence-corrected chi connectivity index (χ3v) is 7.06. The lowest BCUT2D eigenvalue weighted by Crippen LogP contribution is -2.52. The summed E-state index contributed by atoms with van der Waals surface area (Å²) in [6, 6.07) is 25.1. The van der Waals surface area contributed by atoms with Gasteiger partial charge in [0.05, 0.1) is 6.61 Å². The molecule has 0 saturated heterocycles. The van der Waals surface area contributed by atoms with Gasteiger partial charge < -0.3 is 14.6 Å². The lowest BCUT2D eigenvalue weighted by atomic mass is 9.84. The number of hydrogen-bond acceptors (Lipinski definition) is 6. The molecule has 204 valence electrons. The normalized spacial score (nSPS) is 18.5. The fraction of sp³-hybridized carbons (Fsp3) is 0.290. The number of rotatable bonds is 13. The first-order valence-electron chi connectivity index (χ1n) is 13.2. The van der Waals surface area contributed by atoms with E-state index in [2.05, 4.69) is 26.8 Å². The molecule has 0 spiro atoms. The molecule has 2 atom stereocenters. The van der Waals surface area contributed by atoms with Gasteiger partial charge in [0.1, 0.15) is 5.75 Å². The van der Waals surface area contributed by atoms with Gasteiger partial charge in [0.15, 0.2) is 11.6 Å². The number of benzene rings is 3. The van der Waals surface area contributed by atoms with Gasteiger partial charge in [0.25, 0.3) is 5.91 Å². The number of aliphatic hydroxyl groups is 1. The molecule has 1 heterocycles. The molecule has 39 heavy (non-hydrogen) atoms. The second-order valence-electron chi connectivity index (χ2n) is 9.21. The minimum atomic E-state index is -1.26. The number of nitrogens with one attached hydrogen (secondary N) is 2. The van der Waals surface area contributed by atoms with Gasteiger partial charge in [-0.1, -0.05) is 83.5 Å². The smallest absolute Gasteiger partial charge is 0.266 e. The monoisotopic (exact) mass is 591 g/mol. The van der Waals surface area contributed by atoms with E-state index < -0.39 is 11.6 Å². The number of halogens is 1. The van der Waals surface area contributed by atoms with E-state index >= 15 is 0 Å². The van der Waals surface area contributed by atoms with Crippen LogP contribution in [0, 0.1) is 0 Å².